The van der Waals surface area contributed by atoms with Gasteiger partial charge in [-0.25, -0.2) is 4.98 Å². The van der Waals surface area contributed by atoms with Crippen LogP contribution in [-0.4, -0.2) is 23.1 Å². The van der Waals surface area contributed by atoms with Crippen LogP contribution in [0, 0.1) is 6.92 Å². The Morgan fingerprint density at radius 2 is 1.75 bits per heavy atom. The van der Waals surface area contributed by atoms with Gasteiger partial charge in [-0.05, 0) is 38.3 Å². The van der Waals surface area contributed by atoms with Gasteiger partial charge in [0.1, 0.15) is 5.82 Å². The van der Waals surface area contributed by atoms with Gasteiger partial charge in [0.15, 0.2) is 0 Å². The number of benzene rings is 1. The van der Waals surface area contributed by atoms with Crippen molar-refractivity contribution in [3.8, 4) is 0 Å². The smallest absolute Gasteiger partial charge is 0.341 e. The molecule has 2 heterocycles. The Labute approximate surface area is 138 Å². The van der Waals surface area contributed by atoms with Crippen LogP contribution in [-0.2, 0) is 6.18 Å². The first-order valence-corrected chi connectivity index (χ1v) is 7.97. The zero-order valence-electron chi connectivity index (χ0n) is 13.4. The van der Waals surface area contributed by atoms with Crippen LogP contribution in [0.2, 0.25) is 0 Å². The molecule has 4 nitrogen and oxygen atoms in total. The molecule has 7 heteroatoms. The summed E-state index contributed by atoms with van der Waals surface area (Å²) in [5.41, 5.74) is 0.00560. The molecule has 0 bridgehead atoms. The number of piperidine rings is 1. The summed E-state index contributed by atoms with van der Waals surface area (Å²) in [6.45, 7) is 3.57. The Kier molecular flexibility index (Phi) is 4.59. The highest BCUT2D eigenvalue weighted by molar-refractivity contribution is 5.62. The van der Waals surface area contributed by atoms with Crippen molar-refractivity contribution in [2.45, 2.75) is 32.4 Å². The molecular formula is C17H19F3N4. The lowest BCUT2D eigenvalue weighted by Crippen LogP contribution is -2.31. The fraction of sp³-hybridized carbons (Fsp3) is 0.412. The van der Waals surface area contributed by atoms with Crippen molar-refractivity contribution < 1.29 is 13.2 Å². The first kappa shape index (κ1) is 16.5. The van der Waals surface area contributed by atoms with E-state index in [1.54, 1.807) is 12.1 Å². The maximum absolute atomic E-state index is 13.1. The van der Waals surface area contributed by atoms with Gasteiger partial charge in [-0.15, -0.1) is 0 Å². The molecule has 0 saturated carbocycles. The maximum atomic E-state index is 13.1. The van der Waals surface area contributed by atoms with E-state index in [4.69, 9.17) is 0 Å². The summed E-state index contributed by atoms with van der Waals surface area (Å²) in [6.07, 6.45) is -1.07. The van der Waals surface area contributed by atoms with Gasteiger partial charge in [-0.2, -0.15) is 18.2 Å². The Morgan fingerprint density at radius 1 is 1.04 bits per heavy atom. The molecule has 1 aliphatic heterocycles. The minimum absolute atomic E-state index is 0.00676. The van der Waals surface area contributed by atoms with Gasteiger partial charge >= 0.3 is 6.18 Å². The predicted octanol–water partition coefficient (Wildman–Crippen LogP) is 4.54. The number of alkyl halides is 3. The SMILES string of the molecule is Cc1cc(Nc2ccccc2C(F)(F)F)nc(N2CCCCC2)n1. The van der Waals surface area contributed by atoms with Crippen molar-refractivity contribution in [2.75, 3.05) is 23.3 Å². The van der Waals surface area contributed by atoms with E-state index >= 15 is 0 Å². The lowest BCUT2D eigenvalue weighted by molar-refractivity contribution is -0.136. The third-order valence-corrected chi connectivity index (χ3v) is 3.98. The standard InChI is InChI=1S/C17H19F3N4/c1-12-11-15(23-16(21-12)24-9-5-2-6-10-24)22-14-8-4-3-7-13(14)17(18,19)20/h3-4,7-8,11H,2,5-6,9-10H2,1H3,(H,21,22,23). The molecule has 0 amide bonds. The summed E-state index contributed by atoms with van der Waals surface area (Å²) in [7, 11) is 0. The molecule has 0 aliphatic carbocycles. The van der Waals surface area contributed by atoms with Crippen molar-refractivity contribution >= 4 is 17.5 Å². The van der Waals surface area contributed by atoms with Crippen LogP contribution in [0.1, 0.15) is 30.5 Å². The van der Waals surface area contributed by atoms with Crippen LogP contribution < -0.4 is 10.2 Å². The molecule has 24 heavy (non-hydrogen) atoms. The molecule has 0 radical (unpaired) electrons. The number of halogens is 3. The van der Waals surface area contributed by atoms with Gasteiger partial charge in [-0.1, -0.05) is 12.1 Å². The highest BCUT2D eigenvalue weighted by Crippen LogP contribution is 2.35. The minimum Gasteiger partial charge on any atom is -0.341 e. The molecule has 128 valence electrons. The molecule has 0 atom stereocenters. The summed E-state index contributed by atoms with van der Waals surface area (Å²) >= 11 is 0. The van der Waals surface area contributed by atoms with Gasteiger partial charge in [0, 0.05) is 24.8 Å². The summed E-state index contributed by atoms with van der Waals surface area (Å²) in [6, 6.07) is 7.05. The van der Waals surface area contributed by atoms with Gasteiger partial charge in [-0.3, -0.25) is 0 Å². The number of rotatable bonds is 3. The number of aryl methyl sites for hydroxylation is 1. The van der Waals surface area contributed by atoms with Crippen LogP contribution in [0.5, 0.6) is 0 Å². The van der Waals surface area contributed by atoms with Crippen LogP contribution >= 0.6 is 0 Å². The third-order valence-electron chi connectivity index (χ3n) is 3.98. The number of anilines is 3. The second-order valence-electron chi connectivity index (χ2n) is 5.91. The summed E-state index contributed by atoms with van der Waals surface area (Å²) in [4.78, 5) is 10.9. The Hall–Kier alpha value is -2.31. The molecule has 1 N–H and O–H groups in total. The Morgan fingerprint density at radius 3 is 2.46 bits per heavy atom. The van der Waals surface area contributed by atoms with Gasteiger partial charge in [0.25, 0.3) is 0 Å². The van der Waals surface area contributed by atoms with Gasteiger partial charge in [0.2, 0.25) is 5.95 Å². The zero-order chi connectivity index (χ0) is 17.2. The monoisotopic (exact) mass is 336 g/mol. The number of hydrogen-bond acceptors (Lipinski definition) is 4. The fourth-order valence-corrected chi connectivity index (χ4v) is 2.83. The van der Waals surface area contributed by atoms with E-state index < -0.39 is 11.7 Å². The van der Waals surface area contributed by atoms with Gasteiger partial charge in [0.05, 0.1) is 11.3 Å². The number of para-hydroxylation sites is 1. The fourth-order valence-electron chi connectivity index (χ4n) is 2.83. The van der Waals surface area contributed by atoms with Crippen LogP contribution in [0.25, 0.3) is 0 Å². The van der Waals surface area contributed by atoms with Gasteiger partial charge < -0.3 is 10.2 Å². The molecule has 1 fully saturated rings. The summed E-state index contributed by atoms with van der Waals surface area (Å²) in [5.74, 6) is 0.946. The molecule has 3 rings (SSSR count). The first-order valence-electron chi connectivity index (χ1n) is 7.97. The normalized spacial score (nSPS) is 15.4. The third kappa shape index (κ3) is 3.77. The van der Waals surface area contributed by atoms with Crippen LogP contribution in [0.15, 0.2) is 30.3 Å². The molecule has 1 saturated heterocycles. The van der Waals surface area contributed by atoms with Crippen molar-refractivity contribution in [3.05, 3.63) is 41.6 Å². The first-order chi connectivity index (χ1) is 11.4. The molecular weight excluding hydrogens is 317 g/mol. The highest BCUT2D eigenvalue weighted by Gasteiger charge is 2.33. The van der Waals surface area contributed by atoms with Crippen molar-refractivity contribution in [3.63, 3.8) is 0 Å². The lowest BCUT2D eigenvalue weighted by Gasteiger charge is -2.27. The Balaban J connectivity index is 1.90. The summed E-state index contributed by atoms with van der Waals surface area (Å²) < 4.78 is 39.4. The highest BCUT2D eigenvalue weighted by atomic mass is 19.4. The van der Waals surface area contributed by atoms with Crippen LogP contribution in [0.3, 0.4) is 0 Å². The second kappa shape index (κ2) is 6.67. The minimum atomic E-state index is -4.42. The number of nitrogens with zero attached hydrogens (tertiary/aromatic N) is 3. The molecule has 1 aromatic heterocycles. The summed E-state index contributed by atoms with van der Waals surface area (Å²) in [5, 5.41) is 2.80. The number of aromatic nitrogens is 2. The second-order valence-corrected chi connectivity index (χ2v) is 5.91. The average molecular weight is 336 g/mol. The number of hydrogen-bond donors (Lipinski definition) is 1. The van der Waals surface area contributed by atoms with Crippen molar-refractivity contribution in [1.82, 2.24) is 9.97 Å². The topological polar surface area (TPSA) is 41.1 Å². The molecule has 1 aromatic carbocycles. The molecule has 1 aliphatic rings. The Bertz CT molecular complexity index is 709. The van der Waals surface area contributed by atoms with E-state index in [2.05, 4.69) is 20.2 Å². The van der Waals surface area contributed by atoms with Crippen molar-refractivity contribution in [1.29, 1.82) is 0 Å². The molecule has 0 spiro atoms. The van der Waals surface area contributed by atoms with E-state index in [1.165, 1.54) is 18.6 Å². The van der Waals surface area contributed by atoms with Crippen LogP contribution in [0.4, 0.5) is 30.6 Å². The maximum Gasteiger partial charge on any atom is 0.418 e. The largest absolute Gasteiger partial charge is 0.418 e. The molecule has 2 aromatic rings. The average Bonchev–Trinajstić information content (AvgIpc) is 2.55. The number of nitrogens with one attached hydrogen (secondary N) is 1. The van der Waals surface area contributed by atoms with E-state index in [0.29, 0.717) is 11.8 Å². The molecule has 0 unspecified atom stereocenters. The van der Waals surface area contributed by atoms with E-state index in [1.807, 2.05) is 6.92 Å². The predicted molar refractivity (Wildman–Crippen MR) is 87.6 cm³/mol. The zero-order valence-corrected chi connectivity index (χ0v) is 13.4. The quantitative estimate of drug-likeness (QED) is 0.893. The lowest BCUT2D eigenvalue weighted by atomic mass is 10.1. The van der Waals surface area contributed by atoms with E-state index in [-0.39, 0.29) is 5.69 Å². The van der Waals surface area contributed by atoms with Crippen molar-refractivity contribution in [2.24, 2.45) is 0 Å². The van der Waals surface area contributed by atoms with E-state index in [0.717, 1.165) is 37.7 Å². The van der Waals surface area contributed by atoms with E-state index in [9.17, 15) is 13.2 Å².